The summed E-state index contributed by atoms with van der Waals surface area (Å²) in [4.78, 5) is 43.5. The Morgan fingerprint density at radius 1 is 0.939 bits per heavy atom. The number of benzene rings is 1. The fraction of sp³-hybridized carbons (Fsp3) is 0.640. The summed E-state index contributed by atoms with van der Waals surface area (Å²) in [5, 5.41) is 5.79. The third-order valence-electron chi connectivity index (χ3n) is 7.77. The van der Waals surface area contributed by atoms with Crippen LogP contribution < -0.4 is 10.6 Å². The van der Waals surface area contributed by atoms with Gasteiger partial charge in [-0.25, -0.2) is 0 Å². The van der Waals surface area contributed by atoms with Crippen molar-refractivity contribution < 1.29 is 14.4 Å². The number of amides is 3. The lowest BCUT2D eigenvalue weighted by atomic mass is 9.93. The summed E-state index contributed by atoms with van der Waals surface area (Å²) in [7, 11) is 0. The quantitative estimate of drug-likeness (QED) is 0.624. The largest absolute Gasteiger partial charge is 0.322 e. The minimum absolute atomic E-state index is 0.0898. The number of hydrogen-bond acceptors (Lipinski definition) is 6. The van der Waals surface area contributed by atoms with Crippen LogP contribution in [0.15, 0.2) is 18.2 Å². The molecule has 4 heterocycles. The van der Waals surface area contributed by atoms with Gasteiger partial charge in [0.1, 0.15) is 6.04 Å². The highest BCUT2D eigenvalue weighted by atomic mass is 16.2. The van der Waals surface area contributed by atoms with Crippen LogP contribution in [-0.4, -0.2) is 84.3 Å². The average Bonchev–Trinajstić information content (AvgIpc) is 3.15. The number of nitrogens with zero attached hydrogens (tertiary/aromatic N) is 3. The first kappa shape index (κ1) is 22.5. The van der Waals surface area contributed by atoms with Crippen LogP contribution in [0.3, 0.4) is 0 Å². The van der Waals surface area contributed by atoms with E-state index in [9.17, 15) is 14.4 Å². The molecule has 1 aromatic rings. The highest BCUT2D eigenvalue weighted by Crippen LogP contribution is 2.29. The lowest BCUT2D eigenvalue weighted by Gasteiger charge is -2.34. The summed E-state index contributed by atoms with van der Waals surface area (Å²) >= 11 is 0. The number of hydrogen-bond donors (Lipinski definition) is 2. The van der Waals surface area contributed by atoms with E-state index in [2.05, 4.69) is 26.5 Å². The first-order chi connectivity index (χ1) is 16.1. The van der Waals surface area contributed by atoms with Gasteiger partial charge in [-0.2, -0.15) is 0 Å². The van der Waals surface area contributed by atoms with Crippen LogP contribution in [0.5, 0.6) is 0 Å². The highest BCUT2D eigenvalue weighted by Gasteiger charge is 2.39. The van der Waals surface area contributed by atoms with Crippen molar-refractivity contribution in [3.63, 3.8) is 0 Å². The van der Waals surface area contributed by atoms with E-state index in [0.29, 0.717) is 18.5 Å². The second-order valence-electron chi connectivity index (χ2n) is 9.99. The normalized spacial score (nSPS) is 25.4. The molecule has 3 amide bonds. The molecule has 0 bridgehead atoms. The zero-order valence-electron chi connectivity index (χ0n) is 19.4. The van der Waals surface area contributed by atoms with Crippen molar-refractivity contribution in [2.45, 2.75) is 51.2 Å². The molecule has 0 spiro atoms. The molecule has 0 aliphatic carbocycles. The zero-order valence-corrected chi connectivity index (χ0v) is 19.4. The maximum Gasteiger partial charge on any atom is 0.255 e. The van der Waals surface area contributed by atoms with Crippen molar-refractivity contribution in [2.75, 3.05) is 45.8 Å². The van der Waals surface area contributed by atoms with E-state index < -0.39 is 6.04 Å². The summed E-state index contributed by atoms with van der Waals surface area (Å²) in [6.07, 6.45) is 4.49. The standard InChI is InChI=1S/C25H35N5O3/c31-23-4-3-22(24(32)27-23)30-17-20-2-1-19(15-21(20)25(30)33)16-29-11-6-18(7-12-29)5-10-28-13-8-26-9-14-28/h1-2,15,18,22,26H,3-14,16-17H2,(H,27,31,32). The van der Waals surface area contributed by atoms with Gasteiger partial charge in [-0.3, -0.25) is 24.6 Å². The molecule has 1 atom stereocenters. The van der Waals surface area contributed by atoms with Crippen LogP contribution in [0, 0.1) is 5.92 Å². The molecule has 8 nitrogen and oxygen atoms in total. The van der Waals surface area contributed by atoms with Gasteiger partial charge in [0.05, 0.1) is 0 Å². The maximum atomic E-state index is 13.1. The number of carbonyl (C=O) groups excluding carboxylic acids is 3. The molecular formula is C25H35N5O3. The lowest BCUT2D eigenvalue weighted by molar-refractivity contribution is -0.136. The molecule has 1 unspecified atom stereocenters. The summed E-state index contributed by atoms with van der Waals surface area (Å²) in [6, 6.07) is 5.62. The van der Waals surface area contributed by atoms with E-state index >= 15 is 0 Å². The Bertz CT molecular complexity index is 905. The monoisotopic (exact) mass is 453 g/mol. The van der Waals surface area contributed by atoms with E-state index in [4.69, 9.17) is 0 Å². The van der Waals surface area contributed by atoms with Gasteiger partial charge in [-0.15, -0.1) is 0 Å². The molecule has 5 rings (SSSR count). The second-order valence-corrected chi connectivity index (χ2v) is 9.99. The molecule has 4 aliphatic rings. The van der Waals surface area contributed by atoms with Crippen LogP contribution in [-0.2, 0) is 22.7 Å². The van der Waals surface area contributed by atoms with Crippen molar-refractivity contribution in [1.29, 1.82) is 0 Å². The molecule has 33 heavy (non-hydrogen) atoms. The Hall–Kier alpha value is -2.29. The van der Waals surface area contributed by atoms with E-state index in [-0.39, 0.29) is 24.1 Å². The van der Waals surface area contributed by atoms with Gasteiger partial charge in [0, 0.05) is 51.3 Å². The van der Waals surface area contributed by atoms with Crippen molar-refractivity contribution in [1.82, 2.24) is 25.3 Å². The third kappa shape index (κ3) is 5.13. The number of likely N-dealkylation sites (tertiary alicyclic amines) is 1. The molecule has 178 valence electrons. The summed E-state index contributed by atoms with van der Waals surface area (Å²) in [5.74, 6) is 0.121. The second kappa shape index (κ2) is 9.91. The van der Waals surface area contributed by atoms with Gasteiger partial charge in [0.2, 0.25) is 11.8 Å². The van der Waals surface area contributed by atoms with Crippen molar-refractivity contribution >= 4 is 17.7 Å². The van der Waals surface area contributed by atoms with Crippen LogP contribution >= 0.6 is 0 Å². The zero-order chi connectivity index (χ0) is 22.8. The van der Waals surface area contributed by atoms with Gasteiger partial charge >= 0.3 is 0 Å². The Morgan fingerprint density at radius 2 is 1.73 bits per heavy atom. The van der Waals surface area contributed by atoms with Crippen LogP contribution in [0.25, 0.3) is 0 Å². The summed E-state index contributed by atoms with van der Waals surface area (Å²) in [5.41, 5.74) is 2.84. The average molecular weight is 454 g/mol. The van der Waals surface area contributed by atoms with Gasteiger partial charge in [0.15, 0.2) is 0 Å². The number of rotatable bonds is 6. The molecule has 0 aromatic heterocycles. The molecule has 2 N–H and O–H groups in total. The minimum Gasteiger partial charge on any atom is -0.322 e. The van der Waals surface area contributed by atoms with Gasteiger partial charge in [-0.05, 0) is 68.4 Å². The fourth-order valence-corrected chi connectivity index (χ4v) is 5.69. The number of piperidine rings is 2. The Labute approximate surface area is 195 Å². The van der Waals surface area contributed by atoms with Gasteiger partial charge < -0.3 is 15.1 Å². The maximum absolute atomic E-state index is 13.1. The number of imide groups is 1. The van der Waals surface area contributed by atoms with E-state index in [1.807, 2.05) is 12.1 Å². The van der Waals surface area contributed by atoms with Crippen molar-refractivity contribution in [3.05, 3.63) is 34.9 Å². The molecular weight excluding hydrogens is 418 g/mol. The highest BCUT2D eigenvalue weighted by molar-refractivity contribution is 6.05. The number of nitrogens with one attached hydrogen (secondary N) is 2. The van der Waals surface area contributed by atoms with Crippen LogP contribution in [0.2, 0.25) is 0 Å². The van der Waals surface area contributed by atoms with Crippen LogP contribution in [0.1, 0.15) is 53.6 Å². The van der Waals surface area contributed by atoms with E-state index in [0.717, 1.165) is 49.8 Å². The topological polar surface area (TPSA) is 85.0 Å². The Balaban J connectivity index is 1.12. The molecule has 4 aliphatic heterocycles. The predicted molar refractivity (Wildman–Crippen MR) is 124 cm³/mol. The smallest absolute Gasteiger partial charge is 0.255 e. The van der Waals surface area contributed by atoms with Crippen LogP contribution in [0.4, 0.5) is 0 Å². The molecule has 3 saturated heterocycles. The molecule has 3 fully saturated rings. The first-order valence-electron chi connectivity index (χ1n) is 12.5. The third-order valence-corrected chi connectivity index (χ3v) is 7.77. The van der Waals surface area contributed by atoms with Gasteiger partial charge in [0.25, 0.3) is 5.91 Å². The number of fused-ring (bicyclic) bond motifs is 1. The Morgan fingerprint density at radius 3 is 2.48 bits per heavy atom. The molecule has 1 aromatic carbocycles. The minimum atomic E-state index is -0.550. The molecule has 8 heteroatoms. The van der Waals surface area contributed by atoms with E-state index in [1.165, 1.54) is 38.9 Å². The van der Waals surface area contributed by atoms with Crippen molar-refractivity contribution in [3.8, 4) is 0 Å². The van der Waals surface area contributed by atoms with Crippen molar-refractivity contribution in [2.24, 2.45) is 5.92 Å². The Kier molecular flexibility index (Phi) is 6.76. The number of carbonyl (C=O) groups is 3. The molecule has 0 radical (unpaired) electrons. The van der Waals surface area contributed by atoms with Gasteiger partial charge in [-0.1, -0.05) is 12.1 Å². The van der Waals surface area contributed by atoms with E-state index in [1.54, 1.807) is 4.90 Å². The lowest BCUT2D eigenvalue weighted by Crippen LogP contribution is -2.52. The fourth-order valence-electron chi connectivity index (χ4n) is 5.69. The SMILES string of the molecule is O=C1CCC(N2Cc3ccc(CN4CCC(CCN5CCNCC5)CC4)cc3C2=O)C(=O)N1. The summed E-state index contributed by atoms with van der Waals surface area (Å²) < 4.78 is 0. The predicted octanol–water partition coefficient (Wildman–Crippen LogP) is 0.955. The number of piperazine rings is 1. The molecule has 0 saturated carbocycles. The summed E-state index contributed by atoms with van der Waals surface area (Å²) in [6.45, 7) is 9.35. The first-order valence-corrected chi connectivity index (χ1v) is 12.5.